The molecule has 1 aliphatic rings. The van der Waals surface area contributed by atoms with Gasteiger partial charge in [-0.25, -0.2) is 15.0 Å². The summed E-state index contributed by atoms with van der Waals surface area (Å²) in [6.07, 6.45) is 9.13. The summed E-state index contributed by atoms with van der Waals surface area (Å²) in [5.74, 6) is 0.239. The average Bonchev–Trinajstić information content (AvgIpc) is 3.26. The first-order chi connectivity index (χ1) is 14.0. The number of aliphatic hydroxyl groups excluding tert-OH is 3. The molecule has 0 aromatic carbocycles. The lowest BCUT2D eigenvalue weighted by atomic mass is 9.95. The van der Waals surface area contributed by atoms with Crippen LogP contribution in [0.1, 0.15) is 64.7 Å². The van der Waals surface area contributed by atoms with Gasteiger partial charge < -0.3 is 25.8 Å². The van der Waals surface area contributed by atoms with Crippen LogP contribution in [-0.4, -0.2) is 59.8 Å². The molecule has 0 unspecified atom stereocenters. The van der Waals surface area contributed by atoms with Gasteiger partial charge in [0.05, 0.1) is 12.9 Å². The van der Waals surface area contributed by atoms with E-state index >= 15 is 0 Å². The van der Waals surface area contributed by atoms with Gasteiger partial charge >= 0.3 is 0 Å². The third kappa shape index (κ3) is 4.37. The van der Waals surface area contributed by atoms with Crippen LogP contribution in [0.3, 0.4) is 0 Å². The quantitative estimate of drug-likeness (QED) is 0.413. The topological polar surface area (TPSA) is 140 Å². The molecule has 0 saturated carbocycles. The molecule has 0 amide bonds. The maximum atomic E-state index is 10.9. The van der Waals surface area contributed by atoms with Crippen LogP contribution in [0.15, 0.2) is 12.7 Å². The predicted molar refractivity (Wildman–Crippen MR) is 109 cm³/mol. The van der Waals surface area contributed by atoms with Gasteiger partial charge in [-0.1, -0.05) is 51.9 Å². The van der Waals surface area contributed by atoms with E-state index in [-0.39, 0.29) is 12.4 Å². The van der Waals surface area contributed by atoms with E-state index in [9.17, 15) is 15.3 Å². The van der Waals surface area contributed by atoms with Crippen LogP contribution in [0.5, 0.6) is 0 Å². The van der Waals surface area contributed by atoms with Crippen LogP contribution in [0.4, 0.5) is 5.82 Å². The summed E-state index contributed by atoms with van der Waals surface area (Å²) in [4.78, 5) is 12.5. The molecule has 5 N–H and O–H groups in total. The number of anilines is 1. The molecule has 1 saturated heterocycles. The highest BCUT2D eigenvalue weighted by atomic mass is 16.6. The van der Waals surface area contributed by atoms with E-state index in [2.05, 4.69) is 21.9 Å². The number of fused-ring (bicyclic) bond motifs is 1. The molecule has 0 radical (unpaired) electrons. The summed E-state index contributed by atoms with van der Waals surface area (Å²) in [6, 6.07) is 0. The molecule has 1 fully saturated rings. The van der Waals surface area contributed by atoms with Gasteiger partial charge in [0.1, 0.15) is 30.2 Å². The molecule has 9 heteroatoms. The Bertz CT molecular complexity index is 785. The number of aromatic nitrogens is 4. The number of imidazole rings is 1. The molecule has 2 aromatic heterocycles. The van der Waals surface area contributed by atoms with E-state index in [4.69, 9.17) is 10.5 Å². The zero-order valence-corrected chi connectivity index (χ0v) is 17.1. The summed E-state index contributed by atoms with van der Waals surface area (Å²) >= 11 is 0. The van der Waals surface area contributed by atoms with Crippen molar-refractivity contribution in [1.29, 1.82) is 0 Å². The van der Waals surface area contributed by atoms with Crippen LogP contribution in [-0.2, 0) is 10.5 Å². The lowest BCUT2D eigenvalue weighted by Gasteiger charge is -2.34. The highest BCUT2D eigenvalue weighted by Gasteiger charge is 2.55. The first-order valence-electron chi connectivity index (χ1n) is 10.6. The Morgan fingerprint density at radius 1 is 1.07 bits per heavy atom. The molecule has 2 aromatic rings. The van der Waals surface area contributed by atoms with E-state index in [1.54, 1.807) is 4.57 Å². The molecule has 29 heavy (non-hydrogen) atoms. The summed E-state index contributed by atoms with van der Waals surface area (Å²) in [6.45, 7) is 1.82. The number of aliphatic hydroxyl groups is 3. The minimum Gasteiger partial charge on any atom is -0.394 e. The first kappa shape index (κ1) is 21.9. The fourth-order valence-corrected chi connectivity index (χ4v) is 4.19. The second-order valence-electron chi connectivity index (χ2n) is 7.89. The van der Waals surface area contributed by atoms with Crippen LogP contribution < -0.4 is 5.73 Å². The summed E-state index contributed by atoms with van der Waals surface area (Å²) in [5, 5.41) is 30.9. The second-order valence-corrected chi connectivity index (χ2v) is 7.89. The highest BCUT2D eigenvalue weighted by Crippen LogP contribution is 2.41. The van der Waals surface area contributed by atoms with Crippen molar-refractivity contribution in [2.24, 2.45) is 0 Å². The molecule has 3 rings (SSSR count). The number of nitrogen functional groups attached to an aromatic ring is 1. The number of nitrogens with zero attached hydrogens (tertiary/aromatic N) is 4. The molecule has 4 atom stereocenters. The molecule has 0 bridgehead atoms. The lowest BCUT2D eigenvalue weighted by molar-refractivity contribution is -0.151. The Hall–Kier alpha value is -1.81. The van der Waals surface area contributed by atoms with Crippen molar-refractivity contribution in [3.05, 3.63) is 12.7 Å². The largest absolute Gasteiger partial charge is 0.394 e. The number of hydrogen-bond acceptors (Lipinski definition) is 8. The zero-order valence-electron chi connectivity index (χ0n) is 17.1. The number of nitrogens with two attached hydrogens (primary N) is 1. The standard InChI is InChI=1S/C20H33N5O4/c1-2-3-4-5-6-7-8-9-10-20(17(28)16(27)14(11-26)29-20)25-13-24-15-18(21)22-12-23-19(15)25/h12-14,16-17,26-28H,2-11H2,1H3,(H2,21,22,23)/t14-,16-,17-,20-/m1/s1. The van der Waals surface area contributed by atoms with Crippen molar-refractivity contribution in [1.82, 2.24) is 19.5 Å². The number of rotatable bonds is 11. The molecule has 0 spiro atoms. The minimum atomic E-state index is -1.26. The van der Waals surface area contributed by atoms with Gasteiger partial charge in [0.15, 0.2) is 17.2 Å². The summed E-state index contributed by atoms with van der Waals surface area (Å²) < 4.78 is 7.68. The first-order valence-corrected chi connectivity index (χ1v) is 10.6. The summed E-state index contributed by atoms with van der Waals surface area (Å²) in [5.41, 5.74) is 5.49. The number of ether oxygens (including phenoxy) is 1. The molecule has 1 aliphatic heterocycles. The SMILES string of the molecule is CCCCCCCCCC[C@@]1(n2cnc3c(N)ncnc32)O[C@H](CO)[C@@H](O)[C@H]1O. The van der Waals surface area contributed by atoms with Gasteiger partial charge in [0.25, 0.3) is 0 Å². The lowest BCUT2D eigenvalue weighted by Crippen LogP contribution is -2.45. The van der Waals surface area contributed by atoms with Gasteiger partial charge in [-0.05, 0) is 12.8 Å². The van der Waals surface area contributed by atoms with Gasteiger partial charge in [-0.15, -0.1) is 0 Å². The van der Waals surface area contributed by atoms with Gasteiger partial charge in [-0.2, -0.15) is 0 Å². The fraction of sp³-hybridized carbons (Fsp3) is 0.750. The molecular weight excluding hydrogens is 374 g/mol. The van der Waals surface area contributed by atoms with Crippen molar-refractivity contribution in [3.63, 3.8) is 0 Å². The average molecular weight is 408 g/mol. The monoisotopic (exact) mass is 407 g/mol. The van der Waals surface area contributed by atoms with Crippen molar-refractivity contribution >= 4 is 17.0 Å². The fourth-order valence-electron chi connectivity index (χ4n) is 4.19. The Kier molecular flexibility index (Phi) is 7.39. The van der Waals surface area contributed by atoms with Crippen molar-refractivity contribution in [2.75, 3.05) is 12.3 Å². The highest BCUT2D eigenvalue weighted by molar-refractivity contribution is 5.81. The summed E-state index contributed by atoms with van der Waals surface area (Å²) in [7, 11) is 0. The Morgan fingerprint density at radius 3 is 2.41 bits per heavy atom. The van der Waals surface area contributed by atoms with Crippen LogP contribution >= 0.6 is 0 Å². The normalized spacial score (nSPS) is 27.1. The Labute approximate surface area is 170 Å². The second kappa shape index (κ2) is 9.80. The third-order valence-electron chi connectivity index (χ3n) is 5.86. The van der Waals surface area contributed by atoms with Gasteiger partial charge in [-0.3, -0.25) is 4.57 Å². The molecule has 3 heterocycles. The number of hydrogen-bond donors (Lipinski definition) is 4. The van der Waals surface area contributed by atoms with Crippen LogP contribution in [0, 0.1) is 0 Å². The minimum absolute atomic E-state index is 0.239. The number of unbranched alkanes of at least 4 members (excludes halogenated alkanes) is 7. The van der Waals surface area contributed by atoms with E-state index in [1.165, 1.54) is 44.8 Å². The zero-order chi connectivity index (χ0) is 20.9. The smallest absolute Gasteiger partial charge is 0.176 e. The van der Waals surface area contributed by atoms with E-state index in [1.807, 2.05) is 0 Å². The third-order valence-corrected chi connectivity index (χ3v) is 5.86. The van der Waals surface area contributed by atoms with E-state index in [0.717, 1.165) is 19.3 Å². The van der Waals surface area contributed by atoms with E-state index < -0.39 is 24.0 Å². The van der Waals surface area contributed by atoms with Crippen LogP contribution in [0.25, 0.3) is 11.2 Å². The van der Waals surface area contributed by atoms with Crippen molar-refractivity contribution in [3.8, 4) is 0 Å². The maximum absolute atomic E-state index is 10.9. The van der Waals surface area contributed by atoms with Crippen LogP contribution in [0.2, 0.25) is 0 Å². The van der Waals surface area contributed by atoms with Gasteiger partial charge in [0, 0.05) is 0 Å². The van der Waals surface area contributed by atoms with Crippen molar-refractivity contribution < 1.29 is 20.1 Å². The van der Waals surface area contributed by atoms with E-state index in [0.29, 0.717) is 17.6 Å². The Balaban J connectivity index is 1.76. The van der Waals surface area contributed by atoms with Gasteiger partial charge in [0.2, 0.25) is 0 Å². The predicted octanol–water partition coefficient (Wildman–Crippen LogP) is 1.70. The molecule has 162 valence electrons. The van der Waals surface area contributed by atoms with Crippen molar-refractivity contribution in [2.45, 2.75) is 88.7 Å². The molecule has 0 aliphatic carbocycles. The molecule has 9 nitrogen and oxygen atoms in total. The maximum Gasteiger partial charge on any atom is 0.176 e. The Morgan fingerprint density at radius 2 is 1.76 bits per heavy atom. The molecular formula is C20H33N5O4.